The van der Waals surface area contributed by atoms with Gasteiger partial charge in [-0.2, -0.15) is 0 Å². The van der Waals surface area contributed by atoms with E-state index in [1.54, 1.807) is 6.08 Å². The first-order chi connectivity index (χ1) is 17.2. The molecule has 0 unspecified atom stereocenters. The minimum atomic E-state index is -0.348. The Hall–Kier alpha value is -2.17. The molecule has 0 saturated heterocycles. The van der Waals surface area contributed by atoms with Crippen molar-refractivity contribution < 1.29 is 23.7 Å². The SMILES string of the molecule is CCCCCCOc1ccc(C=CC(=O)OCCC)c(OCCCCCC)c1OCCCCCC. The third-order valence-corrected chi connectivity index (χ3v) is 5.70. The van der Waals surface area contributed by atoms with Crippen LogP contribution in [0.15, 0.2) is 18.2 Å². The molecular weight excluding hydrogens is 440 g/mol. The van der Waals surface area contributed by atoms with E-state index in [1.165, 1.54) is 44.6 Å². The molecule has 0 aliphatic heterocycles. The van der Waals surface area contributed by atoms with E-state index in [2.05, 4.69) is 20.8 Å². The second-order valence-electron chi connectivity index (χ2n) is 9.04. The van der Waals surface area contributed by atoms with Gasteiger partial charge < -0.3 is 18.9 Å². The van der Waals surface area contributed by atoms with Crippen molar-refractivity contribution in [2.45, 2.75) is 111 Å². The van der Waals surface area contributed by atoms with Crippen molar-refractivity contribution in [1.82, 2.24) is 0 Å². The van der Waals surface area contributed by atoms with Crippen LogP contribution in [-0.4, -0.2) is 32.4 Å². The number of hydrogen-bond acceptors (Lipinski definition) is 5. The quantitative estimate of drug-likeness (QED) is 0.0926. The van der Waals surface area contributed by atoms with Gasteiger partial charge in [0.25, 0.3) is 0 Å². The average Bonchev–Trinajstić information content (AvgIpc) is 2.87. The number of esters is 1. The van der Waals surface area contributed by atoms with Crippen LogP contribution >= 0.6 is 0 Å². The zero-order valence-corrected chi connectivity index (χ0v) is 22.9. The normalized spacial score (nSPS) is 11.1. The second kappa shape index (κ2) is 21.1. The highest BCUT2D eigenvalue weighted by molar-refractivity contribution is 5.88. The van der Waals surface area contributed by atoms with Crippen molar-refractivity contribution in [3.8, 4) is 17.2 Å². The molecule has 5 nitrogen and oxygen atoms in total. The lowest BCUT2D eigenvalue weighted by molar-refractivity contribution is -0.137. The molecule has 35 heavy (non-hydrogen) atoms. The van der Waals surface area contributed by atoms with Crippen molar-refractivity contribution in [2.24, 2.45) is 0 Å². The molecule has 0 N–H and O–H groups in total. The van der Waals surface area contributed by atoms with Crippen LogP contribution in [0.4, 0.5) is 0 Å². The molecule has 0 fully saturated rings. The zero-order chi connectivity index (χ0) is 25.6. The van der Waals surface area contributed by atoms with Gasteiger partial charge in [0.15, 0.2) is 11.5 Å². The lowest BCUT2D eigenvalue weighted by Gasteiger charge is -2.19. The summed E-state index contributed by atoms with van der Waals surface area (Å²) < 4.78 is 23.9. The fraction of sp³-hybridized carbons (Fsp3) is 0.700. The summed E-state index contributed by atoms with van der Waals surface area (Å²) in [6.07, 6.45) is 17.6. The maximum Gasteiger partial charge on any atom is 0.330 e. The molecule has 1 rings (SSSR count). The highest BCUT2D eigenvalue weighted by Crippen LogP contribution is 2.41. The van der Waals surface area contributed by atoms with E-state index in [0.29, 0.717) is 43.7 Å². The van der Waals surface area contributed by atoms with Crippen LogP contribution in [-0.2, 0) is 9.53 Å². The molecule has 0 heterocycles. The standard InChI is InChI=1S/C30H50O5/c1-5-9-12-15-23-32-27-20-18-26(19-21-28(31)33-22-8-4)29(34-24-16-13-10-6-2)30(27)35-25-17-14-11-7-3/h18-21H,5-17,22-25H2,1-4H3. The van der Waals surface area contributed by atoms with Gasteiger partial charge in [-0.3, -0.25) is 0 Å². The van der Waals surface area contributed by atoms with Gasteiger partial charge in [-0.15, -0.1) is 0 Å². The summed E-state index contributed by atoms with van der Waals surface area (Å²) in [6, 6.07) is 3.87. The smallest absolute Gasteiger partial charge is 0.330 e. The second-order valence-corrected chi connectivity index (χ2v) is 9.04. The van der Waals surface area contributed by atoms with E-state index >= 15 is 0 Å². The lowest BCUT2D eigenvalue weighted by atomic mass is 10.1. The Kier molecular flexibility index (Phi) is 18.6. The lowest BCUT2D eigenvalue weighted by Crippen LogP contribution is -2.07. The van der Waals surface area contributed by atoms with Crippen LogP contribution < -0.4 is 14.2 Å². The summed E-state index contributed by atoms with van der Waals surface area (Å²) in [5, 5.41) is 0. The largest absolute Gasteiger partial charge is 0.490 e. The number of unbranched alkanes of at least 4 members (excludes halogenated alkanes) is 9. The van der Waals surface area contributed by atoms with Gasteiger partial charge in [0, 0.05) is 11.6 Å². The number of rotatable bonds is 22. The molecule has 200 valence electrons. The molecule has 0 bridgehead atoms. The van der Waals surface area contributed by atoms with Crippen LogP contribution in [0, 0.1) is 0 Å². The van der Waals surface area contributed by atoms with Gasteiger partial charge in [-0.05, 0) is 43.9 Å². The highest BCUT2D eigenvalue weighted by Gasteiger charge is 2.17. The van der Waals surface area contributed by atoms with Crippen molar-refractivity contribution >= 4 is 12.0 Å². The molecule has 0 aliphatic carbocycles. The molecule has 0 spiro atoms. The van der Waals surface area contributed by atoms with E-state index in [1.807, 2.05) is 19.1 Å². The van der Waals surface area contributed by atoms with Crippen molar-refractivity contribution in [2.75, 3.05) is 26.4 Å². The van der Waals surface area contributed by atoms with E-state index in [4.69, 9.17) is 18.9 Å². The van der Waals surface area contributed by atoms with Gasteiger partial charge in [0.05, 0.1) is 26.4 Å². The Morgan fingerprint density at radius 3 is 1.71 bits per heavy atom. The van der Waals surface area contributed by atoms with Crippen LogP contribution in [0.3, 0.4) is 0 Å². The average molecular weight is 491 g/mol. The van der Waals surface area contributed by atoms with Crippen LogP contribution in [0.5, 0.6) is 17.2 Å². The highest BCUT2D eigenvalue weighted by atomic mass is 16.5. The van der Waals surface area contributed by atoms with Gasteiger partial charge in [-0.25, -0.2) is 4.79 Å². The van der Waals surface area contributed by atoms with Gasteiger partial charge in [0.1, 0.15) is 0 Å². The van der Waals surface area contributed by atoms with E-state index < -0.39 is 0 Å². The first-order valence-electron chi connectivity index (χ1n) is 14.1. The number of carbonyl (C=O) groups is 1. The molecule has 1 aromatic carbocycles. The van der Waals surface area contributed by atoms with Crippen LogP contribution in [0.2, 0.25) is 0 Å². The van der Waals surface area contributed by atoms with Crippen molar-refractivity contribution in [3.05, 3.63) is 23.8 Å². The van der Waals surface area contributed by atoms with E-state index in [0.717, 1.165) is 50.5 Å². The fourth-order valence-electron chi connectivity index (χ4n) is 3.62. The summed E-state index contributed by atoms with van der Waals surface area (Å²) in [5.41, 5.74) is 0.802. The molecule has 0 amide bonds. The monoisotopic (exact) mass is 490 g/mol. The Bertz CT molecular complexity index is 698. The Balaban J connectivity index is 3.10. The maximum atomic E-state index is 12.1. The van der Waals surface area contributed by atoms with Crippen LogP contribution in [0.25, 0.3) is 6.08 Å². The number of ether oxygens (including phenoxy) is 4. The summed E-state index contributed by atoms with van der Waals surface area (Å²) in [4.78, 5) is 12.1. The molecule has 0 aromatic heterocycles. The number of benzene rings is 1. The minimum Gasteiger partial charge on any atom is -0.490 e. The summed E-state index contributed by atoms with van der Waals surface area (Å²) >= 11 is 0. The number of carbonyl (C=O) groups excluding carboxylic acids is 1. The van der Waals surface area contributed by atoms with Gasteiger partial charge in [-0.1, -0.05) is 85.5 Å². The van der Waals surface area contributed by atoms with Gasteiger partial charge >= 0.3 is 5.97 Å². The molecule has 0 radical (unpaired) electrons. The van der Waals surface area contributed by atoms with E-state index in [-0.39, 0.29) is 5.97 Å². The molecular formula is C30H50O5. The molecule has 0 saturated carbocycles. The van der Waals surface area contributed by atoms with Crippen molar-refractivity contribution in [1.29, 1.82) is 0 Å². The fourth-order valence-corrected chi connectivity index (χ4v) is 3.62. The van der Waals surface area contributed by atoms with Gasteiger partial charge in [0.2, 0.25) is 5.75 Å². The molecule has 0 atom stereocenters. The third-order valence-electron chi connectivity index (χ3n) is 5.70. The van der Waals surface area contributed by atoms with Crippen molar-refractivity contribution in [3.63, 3.8) is 0 Å². The topological polar surface area (TPSA) is 54.0 Å². The third kappa shape index (κ3) is 14.1. The van der Waals surface area contributed by atoms with E-state index in [9.17, 15) is 4.79 Å². The molecule has 5 heteroatoms. The first kappa shape index (κ1) is 30.9. The summed E-state index contributed by atoms with van der Waals surface area (Å²) in [5.74, 6) is 1.67. The zero-order valence-electron chi connectivity index (χ0n) is 22.9. The summed E-state index contributed by atoms with van der Waals surface area (Å²) in [6.45, 7) is 10.9. The Labute approximate surface area is 214 Å². The predicted molar refractivity (Wildman–Crippen MR) is 146 cm³/mol. The maximum absolute atomic E-state index is 12.1. The molecule has 1 aromatic rings. The Morgan fingerprint density at radius 1 is 0.629 bits per heavy atom. The predicted octanol–water partition coefficient (Wildman–Crippen LogP) is 8.53. The Morgan fingerprint density at radius 2 is 1.17 bits per heavy atom. The minimum absolute atomic E-state index is 0.348. The van der Waals surface area contributed by atoms with Crippen LogP contribution in [0.1, 0.15) is 117 Å². The summed E-state index contributed by atoms with van der Waals surface area (Å²) in [7, 11) is 0. The molecule has 0 aliphatic rings. The first-order valence-corrected chi connectivity index (χ1v) is 14.1. The number of hydrogen-bond donors (Lipinski definition) is 0.